The second-order valence-corrected chi connectivity index (χ2v) is 31.8. The maximum atomic E-state index is 4.02. The monoisotopic (exact) mass is 585 g/mol. The number of hydrogen-bond donors (Lipinski definition) is 0. The van der Waals surface area contributed by atoms with Crippen LogP contribution in [-0.2, 0) is 26.4 Å². The molecule has 0 aliphatic rings. The molecule has 0 aromatic heterocycles. The zero-order valence-electron chi connectivity index (χ0n) is 10.6. The first-order valence-corrected chi connectivity index (χ1v) is 33.4. The van der Waals surface area contributed by atoms with Crippen molar-refractivity contribution < 1.29 is 26.4 Å². The SMILES string of the molecule is [Br][Zn][Br].[Br][Zn][Br].[CH2]C(C)C(C)CCCCC. The topological polar surface area (TPSA) is 0 Å². The molecule has 0 rings (SSSR count). The van der Waals surface area contributed by atoms with E-state index in [0.717, 1.165) is 5.92 Å². The zero-order chi connectivity index (χ0) is 13.4. The summed E-state index contributed by atoms with van der Waals surface area (Å²) in [6.07, 6.45) is 5.46. The van der Waals surface area contributed by atoms with Gasteiger partial charge in [0.2, 0.25) is 0 Å². The minimum absolute atomic E-state index is 0.250. The van der Waals surface area contributed by atoms with Crippen LogP contribution >= 0.6 is 54.5 Å². The van der Waals surface area contributed by atoms with Gasteiger partial charge in [0, 0.05) is 0 Å². The van der Waals surface area contributed by atoms with Crippen LogP contribution in [0.1, 0.15) is 46.5 Å². The van der Waals surface area contributed by atoms with Crippen molar-refractivity contribution in [3.8, 4) is 0 Å². The third-order valence-electron chi connectivity index (χ3n) is 2.23. The van der Waals surface area contributed by atoms with Gasteiger partial charge in [-0.05, 0) is 11.8 Å². The molecular weight excluding hydrogens is 571 g/mol. The van der Waals surface area contributed by atoms with E-state index < -0.39 is 0 Å². The van der Waals surface area contributed by atoms with E-state index >= 15 is 0 Å². The average molecular weight is 592 g/mol. The molecule has 0 spiro atoms. The number of hydrogen-bond acceptors (Lipinski definition) is 0. The van der Waals surface area contributed by atoms with E-state index in [1.165, 1.54) is 25.7 Å². The fourth-order valence-corrected chi connectivity index (χ4v) is 1.00. The van der Waals surface area contributed by atoms with Gasteiger partial charge in [-0.25, -0.2) is 0 Å². The maximum absolute atomic E-state index is 4.02. The molecule has 0 heterocycles. The van der Waals surface area contributed by atoms with Crippen molar-refractivity contribution in [3.63, 3.8) is 0 Å². The molecular formula is C10H21Br4Zn2. The van der Waals surface area contributed by atoms with Gasteiger partial charge in [-0.15, -0.1) is 0 Å². The van der Waals surface area contributed by atoms with Crippen LogP contribution in [0.25, 0.3) is 0 Å². The average Bonchev–Trinajstić information content (AvgIpc) is 2.20. The largest absolute Gasteiger partial charge is 0.0654 e. The first-order valence-electron chi connectivity index (χ1n) is 5.58. The Bertz CT molecular complexity index is 103. The summed E-state index contributed by atoms with van der Waals surface area (Å²) >= 11 is 12.5. The molecule has 0 saturated carbocycles. The standard InChI is InChI=1S/C10H21.4BrH.2Zn/c1-5-6-7-8-10(4)9(2)3;;;;;;/h9-10H,2,5-8H2,1,3-4H3;4*1H;;/q;;;;;2*+2/p-4. The summed E-state index contributed by atoms with van der Waals surface area (Å²) in [6, 6.07) is 0. The van der Waals surface area contributed by atoms with Crippen LogP contribution < -0.4 is 0 Å². The van der Waals surface area contributed by atoms with Gasteiger partial charge in [0.05, 0.1) is 0 Å². The first-order chi connectivity index (χ1) is 7.51. The second-order valence-electron chi connectivity index (χ2n) is 3.65. The van der Waals surface area contributed by atoms with Crippen LogP contribution in [0.5, 0.6) is 0 Å². The van der Waals surface area contributed by atoms with Gasteiger partial charge in [-0.2, -0.15) is 0 Å². The van der Waals surface area contributed by atoms with E-state index in [2.05, 4.69) is 82.2 Å². The number of unbranched alkanes of at least 4 members (excludes halogenated alkanes) is 2. The Kier molecular flexibility index (Phi) is 35.2. The molecule has 16 heavy (non-hydrogen) atoms. The minimum atomic E-state index is -0.250. The molecule has 0 saturated heterocycles. The van der Waals surface area contributed by atoms with Gasteiger partial charge in [-0.3, -0.25) is 0 Å². The molecule has 0 N–H and O–H groups in total. The van der Waals surface area contributed by atoms with Gasteiger partial charge in [0.25, 0.3) is 0 Å². The number of halogens is 4. The molecule has 0 fully saturated rings. The Morgan fingerprint density at radius 3 is 1.62 bits per heavy atom. The third kappa shape index (κ3) is 30.3. The van der Waals surface area contributed by atoms with Crippen LogP contribution in [0.4, 0.5) is 0 Å². The molecule has 0 nitrogen and oxygen atoms in total. The molecule has 2 unspecified atom stereocenters. The van der Waals surface area contributed by atoms with Crippen LogP contribution in [0, 0.1) is 18.8 Å². The summed E-state index contributed by atoms with van der Waals surface area (Å²) in [6.45, 7) is 10.8. The Morgan fingerprint density at radius 2 is 1.38 bits per heavy atom. The fraction of sp³-hybridized carbons (Fsp3) is 0.900. The van der Waals surface area contributed by atoms with Crippen LogP contribution in [0.15, 0.2) is 0 Å². The molecule has 93 valence electrons. The Hall–Kier alpha value is 3.17. The van der Waals surface area contributed by atoms with E-state index in [4.69, 9.17) is 0 Å². The summed E-state index contributed by atoms with van der Waals surface area (Å²) in [5.74, 6) is 1.43. The van der Waals surface area contributed by atoms with Crippen molar-refractivity contribution >= 4 is 54.5 Å². The molecule has 0 bridgehead atoms. The smallest absolute Gasteiger partial charge is 0.0417 e. The quantitative estimate of drug-likeness (QED) is 0.238. The Balaban J connectivity index is -0.000000235. The van der Waals surface area contributed by atoms with Crippen molar-refractivity contribution in [3.05, 3.63) is 6.92 Å². The molecule has 0 aromatic carbocycles. The van der Waals surface area contributed by atoms with Gasteiger partial charge in [0.1, 0.15) is 0 Å². The van der Waals surface area contributed by atoms with Crippen LogP contribution in [0.2, 0.25) is 0 Å². The van der Waals surface area contributed by atoms with Gasteiger partial charge < -0.3 is 0 Å². The van der Waals surface area contributed by atoms with Crippen LogP contribution in [-0.4, -0.2) is 0 Å². The van der Waals surface area contributed by atoms with Gasteiger partial charge in [0.15, 0.2) is 0 Å². The van der Waals surface area contributed by atoms with Crippen molar-refractivity contribution in [2.75, 3.05) is 0 Å². The fourth-order valence-electron chi connectivity index (χ4n) is 1.00. The summed E-state index contributed by atoms with van der Waals surface area (Å²) in [4.78, 5) is 0. The molecule has 0 aliphatic carbocycles. The minimum Gasteiger partial charge on any atom is -0.0654 e. The van der Waals surface area contributed by atoms with E-state index in [1.807, 2.05) is 0 Å². The third-order valence-corrected chi connectivity index (χ3v) is 2.23. The van der Waals surface area contributed by atoms with Gasteiger partial charge in [-0.1, -0.05) is 53.4 Å². The molecule has 1 radical (unpaired) electrons. The van der Waals surface area contributed by atoms with Crippen molar-refractivity contribution in [1.82, 2.24) is 0 Å². The first kappa shape index (κ1) is 24.2. The Labute approximate surface area is 144 Å². The molecule has 0 amide bonds. The van der Waals surface area contributed by atoms with Crippen molar-refractivity contribution in [1.29, 1.82) is 0 Å². The normalized spacial score (nSPS) is 10.1. The molecule has 2 atom stereocenters. The van der Waals surface area contributed by atoms with E-state index in [0.29, 0.717) is 5.92 Å². The predicted octanol–water partition coefficient (Wildman–Crippen LogP) is 7.05. The summed E-state index contributed by atoms with van der Waals surface area (Å²) in [5, 5.41) is 0. The summed E-state index contributed by atoms with van der Waals surface area (Å²) in [7, 11) is 0. The predicted molar refractivity (Wildman–Crippen MR) is 83.5 cm³/mol. The van der Waals surface area contributed by atoms with E-state index in [-0.39, 0.29) is 26.4 Å². The molecule has 0 aliphatic heterocycles. The molecule has 0 aromatic rings. The van der Waals surface area contributed by atoms with Crippen molar-refractivity contribution in [2.24, 2.45) is 11.8 Å². The molecule has 6 heteroatoms. The zero-order valence-corrected chi connectivity index (χ0v) is 22.9. The number of rotatable bonds is 5. The summed E-state index contributed by atoms with van der Waals surface area (Å²) in [5.41, 5.74) is 0. The van der Waals surface area contributed by atoms with Crippen molar-refractivity contribution in [2.45, 2.75) is 46.5 Å². The summed E-state index contributed by atoms with van der Waals surface area (Å²) < 4.78 is 0. The van der Waals surface area contributed by atoms with Crippen LogP contribution in [0.3, 0.4) is 0 Å². The Morgan fingerprint density at radius 1 is 1.00 bits per heavy atom. The maximum Gasteiger partial charge on any atom is -0.0417 e. The second kappa shape index (κ2) is 23.3. The van der Waals surface area contributed by atoms with E-state index in [9.17, 15) is 0 Å². The van der Waals surface area contributed by atoms with Gasteiger partial charge >= 0.3 is 80.9 Å². The van der Waals surface area contributed by atoms with E-state index in [1.54, 1.807) is 0 Å².